The molecule has 3 rings (SSSR count). The van der Waals surface area contributed by atoms with E-state index in [0.29, 0.717) is 16.5 Å². The number of hydrogen-bond acceptors (Lipinski definition) is 5. The lowest BCUT2D eigenvalue weighted by Crippen LogP contribution is -2.00. The maximum Gasteiger partial charge on any atom is 0.214 e. The van der Waals surface area contributed by atoms with E-state index in [1.807, 2.05) is 24.3 Å². The van der Waals surface area contributed by atoms with Gasteiger partial charge in [0.1, 0.15) is 0 Å². The van der Waals surface area contributed by atoms with Gasteiger partial charge >= 0.3 is 0 Å². The minimum Gasteiger partial charge on any atom is -0.192 e. The largest absolute Gasteiger partial charge is 0.214 e. The first-order chi connectivity index (χ1) is 11.2. The van der Waals surface area contributed by atoms with E-state index >= 15 is 0 Å². The number of hydrogen-bond donors (Lipinski definition) is 0. The third kappa shape index (κ3) is 3.41. The van der Waals surface area contributed by atoms with E-state index in [0.717, 1.165) is 11.3 Å². The van der Waals surface area contributed by atoms with Crippen molar-refractivity contribution in [3.63, 3.8) is 0 Å². The summed E-state index contributed by atoms with van der Waals surface area (Å²) >= 11 is 1.52. The van der Waals surface area contributed by atoms with E-state index < -0.39 is 0 Å². The Balaban J connectivity index is 1.86. The van der Waals surface area contributed by atoms with Crippen LogP contribution in [0.4, 0.5) is 0 Å². The van der Waals surface area contributed by atoms with Gasteiger partial charge in [0.15, 0.2) is 0 Å². The Morgan fingerprint density at radius 3 is 2.61 bits per heavy atom. The molecule has 0 saturated heterocycles. The number of benzene rings is 2. The topological polar surface area (TPSA) is 67.4 Å². The number of thioether (sulfide) groups is 1. The maximum absolute atomic E-state index is 9.16. The zero-order valence-electron chi connectivity index (χ0n) is 12.9. The summed E-state index contributed by atoms with van der Waals surface area (Å²) in [5.41, 5.74) is 4.95. The molecule has 0 spiro atoms. The van der Waals surface area contributed by atoms with Gasteiger partial charge < -0.3 is 0 Å². The molecule has 0 saturated carbocycles. The van der Waals surface area contributed by atoms with Crippen molar-refractivity contribution in [2.45, 2.75) is 24.8 Å². The molecule has 0 atom stereocenters. The molecule has 0 N–H and O–H groups in total. The standard InChI is InChI=1S/C17H15N5S/c1-12-7-13(2)9-16(8-12)22-17(19-20-21-22)23-11-15-6-4-3-5-14(15)10-18/h3-9H,11H2,1-2H3. The van der Waals surface area contributed by atoms with Gasteiger partial charge in [0, 0.05) is 5.75 Å². The van der Waals surface area contributed by atoms with Crippen LogP contribution in [-0.2, 0) is 5.75 Å². The second-order valence-corrected chi connectivity index (χ2v) is 6.22. The summed E-state index contributed by atoms with van der Waals surface area (Å²) in [5.74, 6) is 0.648. The van der Waals surface area contributed by atoms with E-state index in [-0.39, 0.29) is 0 Å². The van der Waals surface area contributed by atoms with Crippen molar-refractivity contribution in [1.29, 1.82) is 5.26 Å². The van der Waals surface area contributed by atoms with Crippen molar-refractivity contribution in [3.8, 4) is 11.8 Å². The van der Waals surface area contributed by atoms with Gasteiger partial charge in [0.05, 0.1) is 17.3 Å². The van der Waals surface area contributed by atoms with Gasteiger partial charge in [-0.2, -0.15) is 9.94 Å². The van der Waals surface area contributed by atoms with Crippen LogP contribution < -0.4 is 0 Å². The van der Waals surface area contributed by atoms with Crippen molar-refractivity contribution < 1.29 is 0 Å². The molecule has 0 bridgehead atoms. The van der Waals surface area contributed by atoms with E-state index in [9.17, 15) is 0 Å². The Labute approximate surface area is 139 Å². The lowest BCUT2D eigenvalue weighted by atomic mass is 10.1. The lowest BCUT2D eigenvalue weighted by Gasteiger charge is -2.07. The first-order valence-corrected chi connectivity index (χ1v) is 8.14. The molecule has 0 radical (unpaired) electrons. The fraction of sp³-hybridized carbons (Fsp3) is 0.176. The minimum atomic E-state index is 0.648. The van der Waals surface area contributed by atoms with Gasteiger partial charge in [-0.15, -0.1) is 5.10 Å². The van der Waals surface area contributed by atoms with E-state index in [2.05, 4.69) is 53.6 Å². The molecule has 1 heterocycles. The Morgan fingerprint density at radius 1 is 1.13 bits per heavy atom. The fourth-order valence-electron chi connectivity index (χ4n) is 2.40. The van der Waals surface area contributed by atoms with E-state index in [1.54, 1.807) is 4.68 Å². The molecule has 0 aliphatic rings. The van der Waals surface area contributed by atoms with Gasteiger partial charge in [0.25, 0.3) is 0 Å². The molecule has 0 aliphatic heterocycles. The quantitative estimate of drug-likeness (QED) is 0.689. The van der Waals surface area contributed by atoms with Gasteiger partial charge in [-0.3, -0.25) is 0 Å². The average molecular weight is 321 g/mol. The molecule has 114 valence electrons. The Morgan fingerprint density at radius 2 is 1.87 bits per heavy atom. The van der Waals surface area contributed by atoms with Crippen LogP contribution in [0.2, 0.25) is 0 Å². The third-order valence-electron chi connectivity index (χ3n) is 3.39. The average Bonchev–Trinajstić information content (AvgIpc) is 3.00. The molecule has 3 aromatic rings. The number of nitrogens with zero attached hydrogens (tertiary/aromatic N) is 5. The SMILES string of the molecule is Cc1cc(C)cc(-n2nnnc2SCc2ccccc2C#N)c1. The van der Waals surface area contributed by atoms with Crippen LogP contribution in [0.15, 0.2) is 47.6 Å². The molecular weight excluding hydrogens is 306 g/mol. The van der Waals surface area contributed by atoms with Crippen LogP contribution in [0, 0.1) is 25.2 Å². The highest BCUT2D eigenvalue weighted by molar-refractivity contribution is 7.98. The van der Waals surface area contributed by atoms with Gasteiger partial charge in [0.2, 0.25) is 5.16 Å². The first kappa shape index (κ1) is 15.3. The van der Waals surface area contributed by atoms with Crippen molar-refractivity contribution in [1.82, 2.24) is 20.2 Å². The number of aromatic nitrogens is 4. The summed E-state index contributed by atoms with van der Waals surface area (Å²) in [4.78, 5) is 0. The Kier molecular flexibility index (Phi) is 4.40. The summed E-state index contributed by atoms with van der Waals surface area (Å²) in [5, 5.41) is 21.9. The van der Waals surface area contributed by atoms with E-state index in [1.165, 1.54) is 22.9 Å². The monoisotopic (exact) mass is 321 g/mol. The van der Waals surface area contributed by atoms with Crippen LogP contribution in [0.25, 0.3) is 5.69 Å². The molecular formula is C17H15N5S. The smallest absolute Gasteiger partial charge is 0.192 e. The molecule has 5 nitrogen and oxygen atoms in total. The summed E-state index contributed by atoms with van der Waals surface area (Å²) < 4.78 is 1.74. The van der Waals surface area contributed by atoms with Crippen LogP contribution in [0.3, 0.4) is 0 Å². The van der Waals surface area contributed by atoms with Crippen LogP contribution >= 0.6 is 11.8 Å². The molecule has 0 fully saturated rings. The number of tetrazole rings is 1. The molecule has 0 amide bonds. The molecule has 6 heteroatoms. The highest BCUT2D eigenvalue weighted by Crippen LogP contribution is 2.24. The summed E-state index contributed by atoms with van der Waals surface area (Å²) in [6.45, 7) is 4.10. The van der Waals surface area contributed by atoms with Gasteiger partial charge in [-0.1, -0.05) is 36.0 Å². The van der Waals surface area contributed by atoms with Gasteiger partial charge in [-0.25, -0.2) is 0 Å². The summed E-state index contributed by atoms with van der Waals surface area (Å²) in [6, 6.07) is 16.0. The number of nitriles is 1. The van der Waals surface area contributed by atoms with Crippen LogP contribution in [0.5, 0.6) is 0 Å². The Bertz CT molecular complexity index is 858. The van der Waals surface area contributed by atoms with Crippen LogP contribution in [-0.4, -0.2) is 20.2 Å². The minimum absolute atomic E-state index is 0.648. The van der Waals surface area contributed by atoms with Crippen LogP contribution in [0.1, 0.15) is 22.3 Å². The van der Waals surface area contributed by atoms with Crippen molar-refractivity contribution >= 4 is 11.8 Å². The third-order valence-corrected chi connectivity index (χ3v) is 4.35. The highest BCUT2D eigenvalue weighted by Gasteiger charge is 2.11. The van der Waals surface area contributed by atoms with Gasteiger partial charge in [-0.05, 0) is 59.2 Å². The predicted octanol–water partition coefficient (Wildman–Crippen LogP) is 3.44. The Hall–Kier alpha value is -2.65. The van der Waals surface area contributed by atoms with E-state index in [4.69, 9.17) is 5.26 Å². The zero-order chi connectivity index (χ0) is 16.2. The maximum atomic E-state index is 9.16. The zero-order valence-corrected chi connectivity index (χ0v) is 13.7. The molecule has 0 unspecified atom stereocenters. The second kappa shape index (κ2) is 6.63. The van der Waals surface area contributed by atoms with Crippen molar-refractivity contribution in [2.75, 3.05) is 0 Å². The first-order valence-electron chi connectivity index (χ1n) is 7.15. The number of rotatable bonds is 4. The number of aryl methyl sites for hydroxylation is 2. The predicted molar refractivity (Wildman–Crippen MR) is 89.3 cm³/mol. The van der Waals surface area contributed by atoms with Crippen molar-refractivity contribution in [2.24, 2.45) is 0 Å². The molecule has 23 heavy (non-hydrogen) atoms. The normalized spacial score (nSPS) is 10.5. The molecule has 2 aromatic carbocycles. The fourth-order valence-corrected chi connectivity index (χ4v) is 3.30. The molecule has 0 aliphatic carbocycles. The lowest BCUT2D eigenvalue weighted by molar-refractivity contribution is 0.755. The summed E-state index contributed by atoms with van der Waals surface area (Å²) in [6.07, 6.45) is 0. The van der Waals surface area contributed by atoms with Crippen molar-refractivity contribution in [3.05, 3.63) is 64.7 Å². The molecule has 1 aromatic heterocycles. The highest BCUT2D eigenvalue weighted by atomic mass is 32.2. The summed E-state index contributed by atoms with van der Waals surface area (Å²) in [7, 11) is 0. The second-order valence-electron chi connectivity index (χ2n) is 5.28.